The molecule has 2 aromatic carbocycles. The molecule has 0 spiro atoms. The molecule has 0 aliphatic carbocycles. The summed E-state index contributed by atoms with van der Waals surface area (Å²) in [6.07, 6.45) is 1.95. The maximum Gasteiger partial charge on any atom is 0.134 e. The molecule has 0 unspecified atom stereocenters. The van der Waals surface area contributed by atoms with Crippen LogP contribution in [-0.2, 0) is 13.2 Å². The molecule has 1 aliphatic rings. The summed E-state index contributed by atoms with van der Waals surface area (Å²) in [7, 11) is 0. The summed E-state index contributed by atoms with van der Waals surface area (Å²) in [5.41, 5.74) is 2.12. The Morgan fingerprint density at radius 2 is 1.75 bits per heavy atom. The average molecular weight is 398 g/mol. The zero-order valence-corrected chi connectivity index (χ0v) is 16.5. The summed E-state index contributed by atoms with van der Waals surface area (Å²) >= 11 is 5.97. The molecule has 0 amide bonds. The minimum Gasteiger partial charge on any atom is -0.487 e. The maximum absolute atomic E-state index is 5.97. The Morgan fingerprint density at radius 1 is 0.929 bits per heavy atom. The lowest BCUT2D eigenvalue weighted by atomic mass is 10.2. The van der Waals surface area contributed by atoms with Gasteiger partial charge in [-0.05, 0) is 30.3 Å². The number of halogens is 1. The number of anilines is 1. The standard InChI is InChI=1S/C21H24ClN5O/c22-18-5-4-8-21(15-18)28-17-19-16-27(24-23-19)14-11-25-9-12-26(13-10-25)20-6-2-1-3-7-20/h1-8,15-16H,9-14,17H2. The van der Waals surface area contributed by atoms with Crippen LogP contribution >= 0.6 is 11.6 Å². The van der Waals surface area contributed by atoms with Crippen LogP contribution in [0.25, 0.3) is 0 Å². The summed E-state index contributed by atoms with van der Waals surface area (Å²) in [5.74, 6) is 0.735. The van der Waals surface area contributed by atoms with Crippen LogP contribution in [-0.4, -0.2) is 52.6 Å². The van der Waals surface area contributed by atoms with Gasteiger partial charge in [-0.2, -0.15) is 0 Å². The second kappa shape index (κ2) is 9.08. The van der Waals surface area contributed by atoms with Crippen LogP contribution in [0.1, 0.15) is 5.69 Å². The van der Waals surface area contributed by atoms with Gasteiger partial charge in [0.1, 0.15) is 18.1 Å². The van der Waals surface area contributed by atoms with Gasteiger partial charge in [0.25, 0.3) is 0 Å². The highest BCUT2D eigenvalue weighted by Gasteiger charge is 2.17. The molecule has 1 saturated heterocycles. The zero-order chi connectivity index (χ0) is 19.2. The largest absolute Gasteiger partial charge is 0.487 e. The highest BCUT2D eigenvalue weighted by molar-refractivity contribution is 6.30. The molecular weight excluding hydrogens is 374 g/mol. The molecule has 1 fully saturated rings. The first-order valence-electron chi connectivity index (χ1n) is 9.56. The van der Waals surface area contributed by atoms with Crippen molar-refractivity contribution in [3.05, 3.63) is 71.5 Å². The number of para-hydroxylation sites is 1. The minimum atomic E-state index is 0.385. The van der Waals surface area contributed by atoms with Gasteiger partial charge in [-0.15, -0.1) is 5.10 Å². The number of piperazine rings is 1. The molecule has 0 saturated carbocycles. The van der Waals surface area contributed by atoms with Crippen molar-refractivity contribution in [2.24, 2.45) is 0 Å². The first-order chi connectivity index (χ1) is 13.8. The quantitative estimate of drug-likeness (QED) is 0.612. The fourth-order valence-electron chi connectivity index (χ4n) is 3.34. The average Bonchev–Trinajstić information content (AvgIpc) is 3.20. The fraction of sp³-hybridized carbons (Fsp3) is 0.333. The number of hydrogen-bond donors (Lipinski definition) is 0. The molecule has 4 rings (SSSR count). The van der Waals surface area contributed by atoms with Gasteiger partial charge in [-0.25, -0.2) is 0 Å². The molecule has 7 heteroatoms. The van der Waals surface area contributed by atoms with Crippen LogP contribution in [0.5, 0.6) is 5.75 Å². The van der Waals surface area contributed by atoms with E-state index in [0.29, 0.717) is 11.6 Å². The lowest BCUT2D eigenvalue weighted by molar-refractivity contribution is 0.243. The third-order valence-electron chi connectivity index (χ3n) is 4.91. The van der Waals surface area contributed by atoms with Crippen LogP contribution in [0.15, 0.2) is 60.8 Å². The highest BCUT2D eigenvalue weighted by Crippen LogP contribution is 2.18. The van der Waals surface area contributed by atoms with Gasteiger partial charge in [-0.1, -0.05) is 41.1 Å². The molecule has 28 heavy (non-hydrogen) atoms. The highest BCUT2D eigenvalue weighted by atomic mass is 35.5. The van der Waals surface area contributed by atoms with E-state index in [1.807, 2.05) is 29.1 Å². The van der Waals surface area contributed by atoms with Crippen molar-refractivity contribution < 1.29 is 4.74 Å². The summed E-state index contributed by atoms with van der Waals surface area (Å²) < 4.78 is 7.61. The Balaban J connectivity index is 1.21. The van der Waals surface area contributed by atoms with E-state index in [9.17, 15) is 0 Å². The molecule has 146 valence electrons. The van der Waals surface area contributed by atoms with Gasteiger partial charge < -0.3 is 9.64 Å². The van der Waals surface area contributed by atoms with E-state index in [-0.39, 0.29) is 0 Å². The van der Waals surface area contributed by atoms with Crippen LogP contribution in [0.3, 0.4) is 0 Å². The predicted molar refractivity (Wildman–Crippen MR) is 111 cm³/mol. The smallest absolute Gasteiger partial charge is 0.134 e. The van der Waals surface area contributed by atoms with Crippen molar-refractivity contribution >= 4 is 17.3 Å². The predicted octanol–water partition coefficient (Wildman–Crippen LogP) is 3.33. The van der Waals surface area contributed by atoms with E-state index in [2.05, 4.69) is 50.4 Å². The SMILES string of the molecule is Clc1cccc(OCc2cn(CCN3CCN(c4ccccc4)CC3)nn2)c1. The van der Waals surface area contributed by atoms with E-state index in [0.717, 1.165) is 50.7 Å². The molecule has 0 atom stereocenters. The molecular formula is C21H24ClN5O. The first-order valence-corrected chi connectivity index (χ1v) is 9.94. The lowest BCUT2D eigenvalue weighted by Crippen LogP contribution is -2.47. The Hall–Kier alpha value is -2.57. The van der Waals surface area contributed by atoms with Gasteiger partial charge in [0.15, 0.2) is 0 Å². The van der Waals surface area contributed by atoms with Crippen LogP contribution < -0.4 is 9.64 Å². The molecule has 2 heterocycles. The number of ether oxygens (including phenoxy) is 1. The number of rotatable bonds is 7. The lowest BCUT2D eigenvalue weighted by Gasteiger charge is -2.36. The van der Waals surface area contributed by atoms with E-state index in [1.165, 1.54) is 5.69 Å². The Labute approximate surface area is 170 Å². The normalized spacial score (nSPS) is 15.0. The van der Waals surface area contributed by atoms with Crippen molar-refractivity contribution in [3.8, 4) is 5.75 Å². The molecule has 3 aromatic rings. The van der Waals surface area contributed by atoms with Crippen LogP contribution in [0, 0.1) is 0 Å². The topological polar surface area (TPSA) is 46.4 Å². The summed E-state index contributed by atoms with van der Waals surface area (Å²) in [6.45, 7) is 6.43. The van der Waals surface area contributed by atoms with Gasteiger partial charge in [0.2, 0.25) is 0 Å². The molecule has 0 N–H and O–H groups in total. The summed E-state index contributed by atoms with van der Waals surface area (Å²) in [5, 5.41) is 9.07. The second-order valence-electron chi connectivity index (χ2n) is 6.88. The van der Waals surface area contributed by atoms with E-state index in [1.54, 1.807) is 6.07 Å². The molecule has 1 aromatic heterocycles. The second-order valence-corrected chi connectivity index (χ2v) is 7.32. The maximum atomic E-state index is 5.97. The summed E-state index contributed by atoms with van der Waals surface area (Å²) in [4.78, 5) is 4.92. The molecule has 1 aliphatic heterocycles. The Bertz CT molecular complexity index is 877. The number of benzene rings is 2. The third-order valence-corrected chi connectivity index (χ3v) is 5.14. The van der Waals surface area contributed by atoms with Crippen molar-refractivity contribution in [1.82, 2.24) is 19.9 Å². The van der Waals surface area contributed by atoms with Crippen molar-refractivity contribution in [2.45, 2.75) is 13.2 Å². The van der Waals surface area contributed by atoms with Crippen LogP contribution in [0.4, 0.5) is 5.69 Å². The minimum absolute atomic E-state index is 0.385. The van der Waals surface area contributed by atoms with E-state index in [4.69, 9.17) is 16.3 Å². The van der Waals surface area contributed by atoms with E-state index >= 15 is 0 Å². The first kappa shape index (κ1) is 18.8. The van der Waals surface area contributed by atoms with Crippen molar-refractivity contribution in [3.63, 3.8) is 0 Å². The van der Waals surface area contributed by atoms with Gasteiger partial charge in [0.05, 0.1) is 12.7 Å². The van der Waals surface area contributed by atoms with Crippen molar-refractivity contribution in [1.29, 1.82) is 0 Å². The Morgan fingerprint density at radius 3 is 2.54 bits per heavy atom. The van der Waals surface area contributed by atoms with Crippen molar-refractivity contribution in [2.75, 3.05) is 37.6 Å². The summed E-state index contributed by atoms with van der Waals surface area (Å²) in [6, 6.07) is 18.0. The number of aromatic nitrogens is 3. The van der Waals surface area contributed by atoms with Crippen LogP contribution in [0.2, 0.25) is 5.02 Å². The third kappa shape index (κ3) is 5.03. The Kier molecular flexibility index (Phi) is 6.09. The van der Waals surface area contributed by atoms with Gasteiger partial charge in [-0.3, -0.25) is 9.58 Å². The van der Waals surface area contributed by atoms with Gasteiger partial charge >= 0.3 is 0 Å². The molecule has 6 nitrogen and oxygen atoms in total. The van der Waals surface area contributed by atoms with E-state index < -0.39 is 0 Å². The van der Waals surface area contributed by atoms with Gasteiger partial charge in [0, 0.05) is 43.4 Å². The molecule has 0 bridgehead atoms. The zero-order valence-electron chi connectivity index (χ0n) is 15.7. The number of nitrogens with zero attached hydrogens (tertiary/aromatic N) is 5. The number of hydrogen-bond acceptors (Lipinski definition) is 5. The monoisotopic (exact) mass is 397 g/mol. The fourth-order valence-corrected chi connectivity index (χ4v) is 3.52. The molecule has 0 radical (unpaired) electrons.